The Bertz CT molecular complexity index is 622. The van der Waals surface area contributed by atoms with Gasteiger partial charge < -0.3 is 15.0 Å². The summed E-state index contributed by atoms with van der Waals surface area (Å²) in [5, 5.41) is 9.81. The van der Waals surface area contributed by atoms with Gasteiger partial charge in [-0.15, -0.1) is 0 Å². The lowest BCUT2D eigenvalue weighted by molar-refractivity contribution is 0.0966. The van der Waals surface area contributed by atoms with E-state index >= 15 is 0 Å². The average Bonchev–Trinajstić information content (AvgIpc) is 3.01. The molecule has 1 saturated heterocycles. The Balaban J connectivity index is 1.89. The summed E-state index contributed by atoms with van der Waals surface area (Å²) in [7, 11) is 0. The predicted octanol–water partition coefficient (Wildman–Crippen LogP) is 0.573. The van der Waals surface area contributed by atoms with E-state index in [4.69, 9.17) is 0 Å². The van der Waals surface area contributed by atoms with Gasteiger partial charge in [0.2, 0.25) is 5.78 Å². The van der Waals surface area contributed by atoms with Crippen LogP contribution in [0.25, 0.3) is 0 Å². The number of aromatic amines is 1. The Labute approximate surface area is 103 Å². The van der Waals surface area contributed by atoms with E-state index in [9.17, 15) is 14.7 Å². The number of carbonyl (C=O) groups is 2. The van der Waals surface area contributed by atoms with Crippen LogP contribution in [0.2, 0.25) is 0 Å². The SMILES string of the molecule is O=C1C(N2CC2)=CC(=O)c2c1[nH]c1c2CC[C@H]1O. The number of aromatic nitrogens is 1. The molecule has 18 heavy (non-hydrogen) atoms. The van der Waals surface area contributed by atoms with E-state index in [1.54, 1.807) is 0 Å². The van der Waals surface area contributed by atoms with Crippen molar-refractivity contribution in [3.05, 3.63) is 34.3 Å². The van der Waals surface area contributed by atoms with Gasteiger partial charge in [0.05, 0.1) is 17.4 Å². The molecule has 0 aromatic carbocycles. The maximum atomic E-state index is 12.3. The summed E-state index contributed by atoms with van der Waals surface area (Å²) in [6.45, 7) is 1.67. The summed E-state index contributed by atoms with van der Waals surface area (Å²) < 4.78 is 0. The van der Waals surface area contributed by atoms with Crippen LogP contribution in [0, 0.1) is 0 Å². The van der Waals surface area contributed by atoms with Gasteiger partial charge >= 0.3 is 0 Å². The van der Waals surface area contributed by atoms with E-state index in [1.165, 1.54) is 6.08 Å². The third kappa shape index (κ3) is 1.14. The third-order valence-corrected chi connectivity index (χ3v) is 3.90. The summed E-state index contributed by atoms with van der Waals surface area (Å²) >= 11 is 0. The minimum absolute atomic E-state index is 0.113. The lowest BCUT2D eigenvalue weighted by Gasteiger charge is -2.13. The first-order valence-corrected chi connectivity index (χ1v) is 6.15. The molecule has 1 fully saturated rings. The van der Waals surface area contributed by atoms with E-state index in [2.05, 4.69) is 4.98 Å². The van der Waals surface area contributed by atoms with Crippen molar-refractivity contribution < 1.29 is 14.7 Å². The first-order valence-electron chi connectivity index (χ1n) is 6.15. The fraction of sp³-hybridized carbons (Fsp3) is 0.385. The summed E-state index contributed by atoms with van der Waals surface area (Å²) in [4.78, 5) is 29.3. The monoisotopic (exact) mass is 244 g/mol. The number of hydrogen-bond acceptors (Lipinski definition) is 4. The van der Waals surface area contributed by atoms with Crippen LogP contribution < -0.4 is 0 Å². The van der Waals surface area contributed by atoms with Gasteiger partial charge in [0, 0.05) is 24.9 Å². The molecule has 0 unspecified atom stereocenters. The van der Waals surface area contributed by atoms with Gasteiger partial charge in [-0.25, -0.2) is 0 Å². The fourth-order valence-corrected chi connectivity index (χ4v) is 2.89. The standard InChI is InChI=1S/C13H12N2O3/c16-8-2-1-6-10-9(17)5-7(15-3-4-15)13(18)12(10)14-11(6)8/h5,8,14,16H,1-4H2/t8-/m1/s1. The van der Waals surface area contributed by atoms with Crippen LogP contribution in [0.3, 0.4) is 0 Å². The summed E-state index contributed by atoms with van der Waals surface area (Å²) in [5.41, 5.74) is 2.83. The average molecular weight is 244 g/mol. The number of nitrogens with one attached hydrogen (secondary N) is 1. The number of hydrogen-bond donors (Lipinski definition) is 2. The lowest BCUT2D eigenvalue weighted by atomic mass is 9.95. The van der Waals surface area contributed by atoms with E-state index in [0.29, 0.717) is 35.5 Å². The zero-order chi connectivity index (χ0) is 12.4. The second kappa shape index (κ2) is 3.11. The van der Waals surface area contributed by atoms with Crippen LogP contribution in [0.5, 0.6) is 0 Å². The molecule has 1 aromatic heterocycles. The lowest BCUT2D eigenvalue weighted by Crippen LogP contribution is -2.21. The zero-order valence-electron chi connectivity index (χ0n) is 9.69. The van der Waals surface area contributed by atoms with Crippen molar-refractivity contribution in [3.8, 4) is 0 Å². The first kappa shape index (κ1) is 10.1. The molecule has 3 aliphatic rings. The maximum Gasteiger partial charge on any atom is 0.226 e. The Morgan fingerprint density at radius 2 is 2.11 bits per heavy atom. The molecule has 0 radical (unpaired) electrons. The quantitative estimate of drug-likeness (QED) is 0.708. The largest absolute Gasteiger partial charge is 0.387 e. The first-order chi connectivity index (χ1) is 8.66. The highest BCUT2D eigenvalue weighted by Crippen LogP contribution is 2.38. The van der Waals surface area contributed by atoms with Gasteiger partial charge in [-0.3, -0.25) is 9.59 Å². The number of allylic oxidation sites excluding steroid dienone is 2. The van der Waals surface area contributed by atoms with Crippen molar-refractivity contribution in [2.45, 2.75) is 18.9 Å². The zero-order valence-corrected chi connectivity index (χ0v) is 9.69. The molecule has 0 bridgehead atoms. The van der Waals surface area contributed by atoms with E-state index in [-0.39, 0.29) is 11.6 Å². The Hall–Kier alpha value is -1.88. The molecule has 5 heteroatoms. The molecule has 2 N–H and O–H groups in total. The van der Waals surface area contributed by atoms with Gasteiger partial charge in [-0.2, -0.15) is 0 Å². The van der Waals surface area contributed by atoms with Crippen molar-refractivity contribution >= 4 is 11.6 Å². The number of aliphatic hydroxyl groups is 1. The van der Waals surface area contributed by atoms with Gasteiger partial charge in [0.1, 0.15) is 5.69 Å². The van der Waals surface area contributed by atoms with Crippen LogP contribution in [-0.4, -0.2) is 39.6 Å². The van der Waals surface area contributed by atoms with Gasteiger partial charge in [-0.1, -0.05) is 0 Å². The number of carbonyl (C=O) groups excluding carboxylic acids is 2. The number of H-pyrrole nitrogens is 1. The molecule has 5 nitrogen and oxygen atoms in total. The van der Waals surface area contributed by atoms with Gasteiger partial charge in [0.25, 0.3) is 0 Å². The number of fused-ring (bicyclic) bond motifs is 3. The van der Waals surface area contributed by atoms with Crippen molar-refractivity contribution in [2.75, 3.05) is 13.1 Å². The second-order valence-corrected chi connectivity index (χ2v) is 5.03. The minimum atomic E-state index is -0.573. The van der Waals surface area contributed by atoms with Gasteiger partial charge in [-0.05, 0) is 18.4 Å². The summed E-state index contributed by atoms with van der Waals surface area (Å²) in [6, 6.07) is 0. The molecule has 4 rings (SSSR count). The van der Waals surface area contributed by atoms with Crippen LogP contribution in [0.1, 0.15) is 44.6 Å². The van der Waals surface area contributed by atoms with Gasteiger partial charge in [0.15, 0.2) is 5.78 Å². The Morgan fingerprint density at radius 3 is 2.83 bits per heavy atom. The molecule has 92 valence electrons. The Kier molecular flexibility index (Phi) is 1.74. The molecule has 1 aromatic rings. The maximum absolute atomic E-state index is 12.3. The molecule has 0 amide bonds. The van der Waals surface area contributed by atoms with Crippen LogP contribution >= 0.6 is 0 Å². The van der Waals surface area contributed by atoms with Crippen molar-refractivity contribution in [1.82, 2.24) is 9.88 Å². The summed E-state index contributed by atoms with van der Waals surface area (Å²) in [5.74, 6) is -0.234. The smallest absolute Gasteiger partial charge is 0.226 e. The molecule has 2 heterocycles. The molecular formula is C13H12N2O3. The van der Waals surface area contributed by atoms with Crippen LogP contribution in [-0.2, 0) is 6.42 Å². The fourth-order valence-electron chi connectivity index (χ4n) is 2.89. The molecule has 0 spiro atoms. The second-order valence-electron chi connectivity index (χ2n) is 5.03. The van der Waals surface area contributed by atoms with E-state index in [0.717, 1.165) is 18.7 Å². The molecule has 0 saturated carbocycles. The normalized spacial score (nSPS) is 25.1. The molecule has 2 aliphatic carbocycles. The number of rotatable bonds is 1. The number of aliphatic hydroxyl groups excluding tert-OH is 1. The number of ketones is 2. The van der Waals surface area contributed by atoms with Crippen LogP contribution in [0.4, 0.5) is 0 Å². The number of nitrogens with zero attached hydrogens (tertiary/aromatic N) is 1. The topological polar surface area (TPSA) is 73.2 Å². The highest BCUT2D eigenvalue weighted by atomic mass is 16.3. The highest BCUT2D eigenvalue weighted by Gasteiger charge is 2.39. The predicted molar refractivity (Wildman–Crippen MR) is 62.4 cm³/mol. The van der Waals surface area contributed by atoms with Crippen molar-refractivity contribution in [1.29, 1.82) is 0 Å². The van der Waals surface area contributed by atoms with E-state index < -0.39 is 6.10 Å². The highest BCUT2D eigenvalue weighted by molar-refractivity contribution is 6.24. The third-order valence-electron chi connectivity index (χ3n) is 3.90. The van der Waals surface area contributed by atoms with Crippen molar-refractivity contribution in [3.63, 3.8) is 0 Å². The minimum Gasteiger partial charge on any atom is -0.387 e. The number of Topliss-reactive ketones (excluding diaryl/α,β-unsaturated/α-hetero) is 1. The molecule has 1 aliphatic heterocycles. The molecular weight excluding hydrogens is 232 g/mol. The summed E-state index contributed by atoms with van der Waals surface area (Å²) in [6.07, 6.45) is 2.15. The van der Waals surface area contributed by atoms with Crippen molar-refractivity contribution in [2.24, 2.45) is 0 Å². The Morgan fingerprint density at radius 1 is 1.33 bits per heavy atom. The van der Waals surface area contributed by atoms with Crippen LogP contribution in [0.15, 0.2) is 11.8 Å². The molecule has 1 atom stereocenters. The van der Waals surface area contributed by atoms with E-state index in [1.807, 2.05) is 4.90 Å².